The molecule has 0 spiro atoms. The highest BCUT2D eigenvalue weighted by molar-refractivity contribution is 6.35. The van der Waals surface area contributed by atoms with Crippen molar-refractivity contribution in [3.63, 3.8) is 0 Å². The van der Waals surface area contributed by atoms with Gasteiger partial charge in [-0.3, -0.25) is 4.79 Å². The largest absolute Gasteiger partial charge is 0.481 e. The SMILES string of the molecule is CCC(CC)(CNCCCc1c(Cl)cccc1Cl)C(=O)O. The van der Waals surface area contributed by atoms with Crippen LogP contribution in [0.2, 0.25) is 10.0 Å². The van der Waals surface area contributed by atoms with Crippen LogP contribution >= 0.6 is 23.2 Å². The summed E-state index contributed by atoms with van der Waals surface area (Å²) in [5.41, 5.74) is 0.292. The molecule has 0 aliphatic rings. The van der Waals surface area contributed by atoms with E-state index in [-0.39, 0.29) is 0 Å². The van der Waals surface area contributed by atoms with E-state index < -0.39 is 11.4 Å². The number of rotatable bonds is 9. The van der Waals surface area contributed by atoms with E-state index in [9.17, 15) is 9.90 Å². The lowest BCUT2D eigenvalue weighted by Crippen LogP contribution is -2.40. The number of nitrogens with one attached hydrogen (secondary N) is 1. The Bertz CT molecular complexity index is 453. The van der Waals surface area contributed by atoms with Crippen molar-refractivity contribution in [3.05, 3.63) is 33.8 Å². The summed E-state index contributed by atoms with van der Waals surface area (Å²) >= 11 is 12.2. The molecule has 0 saturated carbocycles. The highest BCUT2D eigenvalue weighted by Crippen LogP contribution is 2.26. The molecule has 0 atom stereocenters. The zero-order valence-corrected chi connectivity index (χ0v) is 14.1. The van der Waals surface area contributed by atoms with Gasteiger partial charge in [-0.2, -0.15) is 0 Å². The van der Waals surface area contributed by atoms with E-state index >= 15 is 0 Å². The van der Waals surface area contributed by atoms with Crippen LogP contribution in [0, 0.1) is 5.41 Å². The van der Waals surface area contributed by atoms with Crippen molar-refractivity contribution in [2.45, 2.75) is 39.5 Å². The summed E-state index contributed by atoms with van der Waals surface area (Å²) in [4.78, 5) is 11.4. The lowest BCUT2D eigenvalue weighted by molar-refractivity contribution is -0.149. The zero-order chi connectivity index (χ0) is 15.9. The molecule has 1 aromatic carbocycles. The van der Waals surface area contributed by atoms with Gasteiger partial charge < -0.3 is 10.4 Å². The Morgan fingerprint density at radius 1 is 1.24 bits per heavy atom. The summed E-state index contributed by atoms with van der Waals surface area (Å²) in [6.07, 6.45) is 2.90. The van der Waals surface area contributed by atoms with Crippen LogP contribution < -0.4 is 5.32 Å². The van der Waals surface area contributed by atoms with E-state index in [0.717, 1.165) is 24.9 Å². The summed E-state index contributed by atoms with van der Waals surface area (Å²) in [5.74, 6) is -0.728. The van der Waals surface area contributed by atoms with Crippen LogP contribution in [0.5, 0.6) is 0 Å². The molecule has 0 amide bonds. The number of benzene rings is 1. The Morgan fingerprint density at radius 3 is 2.29 bits per heavy atom. The highest BCUT2D eigenvalue weighted by atomic mass is 35.5. The molecule has 0 aromatic heterocycles. The van der Waals surface area contributed by atoms with Crippen LogP contribution in [0.25, 0.3) is 0 Å². The Labute approximate surface area is 136 Å². The molecule has 1 rings (SSSR count). The average molecular weight is 332 g/mol. The molecule has 3 nitrogen and oxygen atoms in total. The van der Waals surface area contributed by atoms with E-state index in [0.29, 0.717) is 29.4 Å². The van der Waals surface area contributed by atoms with Crippen LogP contribution in [0.15, 0.2) is 18.2 Å². The summed E-state index contributed by atoms with van der Waals surface area (Å²) in [7, 11) is 0. The maximum Gasteiger partial charge on any atom is 0.310 e. The molecule has 2 N–H and O–H groups in total. The Kier molecular flexibility index (Phi) is 7.50. The van der Waals surface area contributed by atoms with Gasteiger partial charge in [0.25, 0.3) is 0 Å². The minimum absolute atomic E-state index is 0.492. The Morgan fingerprint density at radius 2 is 1.81 bits per heavy atom. The molecular weight excluding hydrogens is 309 g/mol. The first-order chi connectivity index (χ1) is 9.96. The van der Waals surface area contributed by atoms with Gasteiger partial charge in [0.15, 0.2) is 0 Å². The van der Waals surface area contributed by atoms with Crippen LogP contribution in [-0.2, 0) is 11.2 Å². The first kappa shape index (κ1) is 18.3. The van der Waals surface area contributed by atoms with Crippen molar-refractivity contribution in [2.75, 3.05) is 13.1 Å². The third-order valence-electron chi connectivity index (χ3n) is 4.11. The topological polar surface area (TPSA) is 49.3 Å². The summed E-state index contributed by atoms with van der Waals surface area (Å²) in [5, 5.41) is 14.0. The fraction of sp³-hybridized carbons (Fsp3) is 0.562. The molecule has 0 aliphatic heterocycles. The van der Waals surface area contributed by atoms with Crippen molar-refractivity contribution in [1.29, 1.82) is 0 Å². The number of carboxylic acid groups (broad SMARTS) is 1. The van der Waals surface area contributed by atoms with E-state index in [1.165, 1.54) is 0 Å². The number of halogens is 2. The van der Waals surface area contributed by atoms with E-state index in [2.05, 4.69) is 5.32 Å². The van der Waals surface area contributed by atoms with Crippen LogP contribution in [-0.4, -0.2) is 24.2 Å². The molecule has 118 valence electrons. The van der Waals surface area contributed by atoms with Crippen molar-refractivity contribution in [2.24, 2.45) is 5.41 Å². The van der Waals surface area contributed by atoms with Gasteiger partial charge in [-0.15, -0.1) is 0 Å². The third kappa shape index (κ3) is 4.87. The molecule has 0 saturated heterocycles. The molecule has 0 unspecified atom stereocenters. The lowest BCUT2D eigenvalue weighted by Gasteiger charge is -2.27. The fourth-order valence-corrected chi connectivity index (χ4v) is 2.95. The summed E-state index contributed by atoms with van der Waals surface area (Å²) in [6.45, 7) is 5.08. The molecule has 1 aromatic rings. The maximum absolute atomic E-state index is 11.4. The molecule has 21 heavy (non-hydrogen) atoms. The van der Waals surface area contributed by atoms with E-state index in [1.807, 2.05) is 32.0 Å². The molecule has 0 radical (unpaired) electrons. The second-order valence-electron chi connectivity index (χ2n) is 5.27. The molecule has 0 heterocycles. The van der Waals surface area contributed by atoms with Gasteiger partial charge in [-0.05, 0) is 49.9 Å². The van der Waals surface area contributed by atoms with E-state index in [1.54, 1.807) is 0 Å². The maximum atomic E-state index is 11.4. The smallest absolute Gasteiger partial charge is 0.310 e. The van der Waals surface area contributed by atoms with Gasteiger partial charge >= 0.3 is 5.97 Å². The Balaban J connectivity index is 2.43. The van der Waals surface area contributed by atoms with Gasteiger partial charge in [0.05, 0.1) is 5.41 Å². The summed E-state index contributed by atoms with van der Waals surface area (Å²) < 4.78 is 0. The summed E-state index contributed by atoms with van der Waals surface area (Å²) in [6, 6.07) is 5.50. The van der Waals surface area contributed by atoms with Gasteiger partial charge in [-0.25, -0.2) is 0 Å². The zero-order valence-electron chi connectivity index (χ0n) is 12.6. The lowest BCUT2D eigenvalue weighted by atomic mass is 9.82. The highest BCUT2D eigenvalue weighted by Gasteiger charge is 2.34. The van der Waals surface area contributed by atoms with Crippen molar-refractivity contribution >= 4 is 29.2 Å². The van der Waals surface area contributed by atoms with Gasteiger partial charge in [0.2, 0.25) is 0 Å². The predicted octanol–water partition coefficient (Wildman–Crippen LogP) is 4.41. The standard InChI is InChI=1S/C16H23Cl2NO2/c1-3-16(4-2,15(20)21)11-19-10-6-7-12-13(17)8-5-9-14(12)18/h5,8-9,19H,3-4,6-7,10-11H2,1-2H3,(H,20,21). The number of carboxylic acids is 1. The van der Waals surface area contributed by atoms with Gasteiger partial charge in [0.1, 0.15) is 0 Å². The third-order valence-corrected chi connectivity index (χ3v) is 4.82. The first-order valence-electron chi connectivity index (χ1n) is 7.34. The minimum atomic E-state index is -0.728. The first-order valence-corrected chi connectivity index (χ1v) is 8.09. The normalized spacial score (nSPS) is 11.6. The Hall–Kier alpha value is -0.770. The van der Waals surface area contributed by atoms with Crippen molar-refractivity contribution in [1.82, 2.24) is 5.32 Å². The van der Waals surface area contributed by atoms with Crippen LogP contribution in [0.1, 0.15) is 38.7 Å². The second-order valence-corrected chi connectivity index (χ2v) is 6.09. The molecule has 5 heteroatoms. The quantitative estimate of drug-likeness (QED) is 0.659. The number of aliphatic carboxylic acids is 1. The van der Waals surface area contributed by atoms with E-state index in [4.69, 9.17) is 23.2 Å². The predicted molar refractivity (Wildman–Crippen MR) is 88.3 cm³/mol. The van der Waals surface area contributed by atoms with Crippen molar-refractivity contribution in [3.8, 4) is 0 Å². The van der Waals surface area contributed by atoms with Gasteiger partial charge in [0, 0.05) is 16.6 Å². The molecule has 0 fully saturated rings. The molecule has 0 bridgehead atoms. The molecule has 0 aliphatic carbocycles. The number of hydrogen-bond acceptors (Lipinski definition) is 2. The number of hydrogen-bond donors (Lipinski definition) is 2. The van der Waals surface area contributed by atoms with Crippen LogP contribution in [0.4, 0.5) is 0 Å². The van der Waals surface area contributed by atoms with Crippen molar-refractivity contribution < 1.29 is 9.90 Å². The minimum Gasteiger partial charge on any atom is -0.481 e. The van der Waals surface area contributed by atoms with Crippen LogP contribution in [0.3, 0.4) is 0 Å². The second kappa shape index (κ2) is 8.62. The molecular formula is C16H23Cl2NO2. The fourth-order valence-electron chi connectivity index (χ4n) is 2.37. The monoisotopic (exact) mass is 331 g/mol. The number of carbonyl (C=O) groups is 1. The average Bonchev–Trinajstić information content (AvgIpc) is 2.45. The van der Waals surface area contributed by atoms with Gasteiger partial charge in [-0.1, -0.05) is 43.1 Å².